The minimum atomic E-state index is 0.125. The van der Waals surface area contributed by atoms with E-state index >= 15 is 0 Å². The summed E-state index contributed by atoms with van der Waals surface area (Å²) in [6.07, 6.45) is 2.08. The van der Waals surface area contributed by atoms with Crippen LogP contribution in [0.1, 0.15) is 37.6 Å². The van der Waals surface area contributed by atoms with Crippen molar-refractivity contribution in [2.45, 2.75) is 33.9 Å². The van der Waals surface area contributed by atoms with Crippen LogP contribution in [0.5, 0.6) is 5.75 Å². The molecule has 2 aromatic heterocycles. The van der Waals surface area contributed by atoms with E-state index in [1.54, 1.807) is 0 Å². The van der Waals surface area contributed by atoms with Crippen LogP contribution in [0.4, 0.5) is 0 Å². The van der Waals surface area contributed by atoms with Crippen molar-refractivity contribution in [3.05, 3.63) is 68.7 Å². The van der Waals surface area contributed by atoms with Crippen molar-refractivity contribution < 1.29 is 9.53 Å². The van der Waals surface area contributed by atoms with Crippen LogP contribution in [0.3, 0.4) is 0 Å². The fourth-order valence-corrected chi connectivity index (χ4v) is 4.92. The quantitative estimate of drug-likeness (QED) is 0.585. The van der Waals surface area contributed by atoms with Crippen molar-refractivity contribution in [1.82, 2.24) is 19.6 Å². The average Bonchev–Trinajstić information content (AvgIpc) is 3.34. The van der Waals surface area contributed by atoms with Gasteiger partial charge in [-0.1, -0.05) is 18.2 Å². The van der Waals surface area contributed by atoms with Crippen LogP contribution in [-0.2, 0) is 20.2 Å². The fraction of sp³-hybridized carbons (Fsp3) is 0.417. The van der Waals surface area contributed by atoms with Crippen LogP contribution in [0.2, 0.25) is 0 Å². The van der Waals surface area contributed by atoms with Gasteiger partial charge in [-0.15, -0.1) is 11.3 Å². The number of amides is 1. The molecule has 1 aliphatic rings. The summed E-state index contributed by atoms with van der Waals surface area (Å²) in [6, 6.07) is 8.13. The predicted octanol–water partition coefficient (Wildman–Crippen LogP) is 3.94. The zero-order chi connectivity index (χ0) is 22.0. The number of hydrogen-bond acceptors (Lipinski definition) is 5. The number of piperazine rings is 1. The number of rotatable bonds is 6. The Morgan fingerprint density at radius 2 is 1.84 bits per heavy atom. The first kappa shape index (κ1) is 21.6. The lowest BCUT2D eigenvalue weighted by atomic mass is 10.1. The Morgan fingerprint density at radius 1 is 1.13 bits per heavy atom. The van der Waals surface area contributed by atoms with Gasteiger partial charge in [0, 0.05) is 57.1 Å². The average molecular weight is 439 g/mol. The number of carbonyl (C=O) groups excluding carboxylic acids is 1. The van der Waals surface area contributed by atoms with Crippen LogP contribution in [0.25, 0.3) is 0 Å². The summed E-state index contributed by atoms with van der Waals surface area (Å²) in [4.78, 5) is 18.1. The zero-order valence-corrected chi connectivity index (χ0v) is 19.5. The molecular weight excluding hydrogens is 408 g/mol. The largest absolute Gasteiger partial charge is 0.488 e. The highest BCUT2D eigenvalue weighted by atomic mass is 32.1. The first-order valence-electron chi connectivity index (χ1n) is 10.7. The third-order valence-corrected chi connectivity index (χ3v) is 6.79. The molecule has 0 spiro atoms. The van der Waals surface area contributed by atoms with E-state index in [1.807, 2.05) is 41.1 Å². The van der Waals surface area contributed by atoms with Crippen LogP contribution < -0.4 is 4.74 Å². The second kappa shape index (κ2) is 9.24. The molecule has 1 saturated heterocycles. The van der Waals surface area contributed by atoms with E-state index in [-0.39, 0.29) is 5.91 Å². The number of thiophene rings is 1. The first-order chi connectivity index (χ1) is 14.9. The minimum Gasteiger partial charge on any atom is -0.488 e. The molecule has 1 aromatic carbocycles. The lowest BCUT2D eigenvalue weighted by Gasteiger charge is -2.34. The van der Waals surface area contributed by atoms with E-state index in [1.165, 1.54) is 16.9 Å². The normalized spacial score (nSPS) is 14.8. The predicted molar refractivity (Wildman–Crippen MR) is 124 cm³/mol. The second-order valence-electron chi connectivity index (χ2n) is 8.31. The van der Waals surface area contributed by atoms with Crippen LogP contribution in [-0.4, -0.2) is 51.7 Å². The van der Waals surface area contributed by atoms with Crippen LogP contribution in [0.15, 0.2) is 35.8 Å². The maximum absolute atomic E-state index is 13.0. The molecule has 0 unspecified atom stereocenters. The molecule has 0 radical (unpaired) electrons. The highest BCUT2D eigenvalue weighted by Crippen LogP contribution is 2.25. The molecule has 164 valence electrons. The van der Waals surface area contributed by atoms with Gasteiger partial charge in [-0.2, -0.15) is 5.10 Å². The summed E-state index contributed by atoms with van der Waals surface area (Å²) in [6.45, 7) is 10.8. The number of aryl methyl sites for hydroxylation is 4. The molecule has 0 bridgehead atoms. The molecule has 0 atom stereocenters. The van der Waals surface area contributed by atoms with Crippen molar-refractivity contribution >= 4 is 17.2 Å². The zero-order valence-electron chi connectivity index (χ0n) is 18.7. The monoisotopic (exact) mass is 438 g/mol. The molecule has 0 N–H and O–H groups in total. The number of hydrogen-bond donors (Lipinski definition) is 0. The highest BCUT2D eigenvalue weighted by molar-refractivity contribution is 7.12. The van der Waals surface area contributed by atoms with Gasteiger partial charge in [0.1, 0.15) is 12.4 Å². The molecule has 0 saturated carbocycles. The standard InChI is InChI=1S/C24H30N4O2S/c1-17-6-5-7-18(2)23(17)30-15-20-12-22(31-16-20)24(29)28-10-8-27(9-11-28)14-21-13-26(4)25-19(21)3/h5-7,12-13,16H,8-11,14-15H2,1-4H3. The van der Waals surface area contributed by atoms with Gasteiger partial charge in [-0.25, -0.2) is 0 Å². The summed E-state index contributed by atoms with van der Waals surface area (Å²) in [5.41, 5.74) is 5.64. The molecule has 6 nitrogen and oxygen atoms in total. The Balaban J connectivity index is 1.30. The topological polar surface area (TPSA) is 50.6 Å². The molecule has 7 heteroatoms. The third-order valence-electron chi connectivity index (χ3n) is 5.83. The summed E-state index contributed by atoms with van der Waals surface area (Å²) in [7, 11) is 1.95. The van der Waals surface area contributed by atoms with Gasteiger partial charge in [0.05, 0.1) is 10.6 Å². The lowest BCUT2D eigenvalue weighted by molar-refractivity contribution is 0.0633. The Labute approximate surface area is 188 Å². The molecule has 1 amide bonds. The Kier molecular flexibility index (Phi) is 6.43. The van der Waals surface area contributed by atoms with Crippen molar-refractivity contribution in [2.75, 3.05) is 26.2 Å². The summed E-state index contributed by atoms with van der Waals surface area (Å²) in [5, 5.41) is 6.45. The van der Waals surface area contributed by atoms with Crippen molar-refractivity contribution in [3.63, 3.8) is 0 Å². The van der Waals surface area contributed by atoms with Gasteiger partial charge in [0.25, 0.3) is 5.91 Å². The molecule has 3 aromatic rings. The molecule has 3 heterocycles. The van der Waals surface area contributed by atoms with Gasteiger partial charge in [-0.05, 0) is 43.3 Å². The van der Waals surface area contributed by atoms with Crippen molar-refractivity contribution in [1.29, 1.82) is 0 Å². The first-order valence-corrected chi connectivity index (χ1v) is 11.6. The summed E-state index contributed by atoms with van der Waals surface area (Å²) < 4.78 is 7.91. The van der Waals surface area contributed by atoms with Gasteiger partial charge in [-0.3, -0.25) is 14.4 Å². The van der Waals surface area contributed by atoms with Crippen molar-refractivity contribution in [2.24, 2.45) is 7.05 Å². The molecule has 1 aliphatic heterocycles. The van der Waals surface area contributed by atoms with Gasteiger partial charge in [0.2, 0.25) is 0 Å². The Bertz CT molecular complexity index is 1040. The third kappa shape index (κ3) is 4.99. The highest BCUT2D eigenvalue weighted by Gasteiger charge is 2.24. The molecule has 4 rings (SSSR count). The maximum atomic E-state index is 13.0. The van der Waals surface area contributed by atoms with E-state index in [9.17, 15) is 4.79 Å². The van der Waals surface area contributed by atoms with E-state index in [0.717, 1.165) is 65.7 Å². The second-order valence-corrected chi connectivity index (χ2v) is 9.22. The van der Waals surface area contributed by atoms with Crippen LogP contribution >= 0.6 is 11.3 Å². The smallest absolute Gasteiger partial charge is 0.264 e. The van der Waals surface area contributed by atoms with Gasteiger partial charge >= 0.3 is 0 Å². The van der Waals surface area contributed by atoms with E-state index in [0.29, 0.717) is 6.61 Å². The number of para-hydroxylation sites is 1. The van der Waals surface area contributed by atoms with E-state index in [2.05, 4.69) is 42.2 Å². The molecular formula is C24H30N4O2S. The number of ether oxygens (including phenoxy) is 1. The lowest BCUT2D eigenvalue weighted by Crippen LogP contribution is -2.48. The number of aromatic nitrogens is 2. The van der Waals surface area contributed by atoms with Gasteiger partial charge in [0.15, 0.2) is 0 Å². The van der Waals surface area contributed by atoms with Crippen LogP contribution in [0, 0.1) is 20.8 Å². The number of benzene rings is 1. The Hall–Kier alpha value is -2.64. The molecule has 0 aliphatic carbocycles. The number of nitrogens with zero attached hydrogens (tertiary/aromatic N) is 4. The number of carbonyl (C=O) groups is 1. The maximum Gasteiger partial charge on any atom is 0.264 e. The van der Waals surface area contributed by atoms with E-state index in [4.69, 9.17) is 4.74 Å². The van der Waals surface area contributed by atoms with Crippen molar-refractivity contribution in [3.8, 4) is 5.75 Å². The van der Waals surface area contributed by atoms with Gasteiger partial charge < -0.3 is 9.64 Å². The fourth-order valence-electron chi connectivity index (χ4n) is 4.06. The SMILES string of the molecule is Cc1cccc(C)c1OCc1csc(C(=O)N2CCN(Cc3cn(C)nc3C)CC2)c1. The van der Waals surface area contributed by atoms with E-state index < -0.39 is 0 Å². The Morgan fingerprint density at radius 3 is 2.48 bits per heavy atom. The molecule has 1 fully saturated rings. The molecule has 31 heavy (non-hydrogen) atoms. The minimum absolute atomic E-state index is 0.125. The summed E-state index contributed by atoms with van der Waals surface area (Å²) >= 11 is 1.51. The summed E-state index contributed by atoms with van der Waals surface area (Å²) in [5.74, 6) is 1.06.